The molecule has 1 fully saturated rings. The Hall–Kier alpha value is -0.610. The fourth-order valence-corrected chi connectivity index (χ4v) is 2.34. The van der Waals surface area contributed by atoms with Crippen molar-refractivity contribution in [2.24, 2.45) is 0 Å². The predicted octanol–water partition coefficient (Wildman–Crippen LogP) is 2.57. The van der Waals surface area contributed by atoms with E-state index in [2.05, 4.69) is 5.32 Å². The van der Waals surface area contributed by atoms with Gasteiger partial charge >= 0.3 is 5.97 Å². The maximum Gasteiger partial charge on any atom is 0.303 e. The minimum atomic E-state index is -0.718. The van der Waals surface area contributed by atoms with Gasteiger partial charge in [0, 0.05) is 19.1 Å². The van der Waals surface area contributed by atoms with E-state index in [0.717, 1.165) is 19.6 Å². The molecule has 0 saturated heterocycles. The first-order chi connectivity index (χ1) is 8.68. The Morgan fingerprint density at radius 1 is 1.39 bits per heavy atom. The molecule has 18 heavy (non-hydrogen) atoms. The van der Waals surface area contributed by atoms with E-state index in [1.165, 1.54) is 32.1 Å². The minimum Gasteiger partial charge on any atom is -0.481 e. The Morgan fingerprint density at radius 2 is 2.11 bits per heavy atom. The standard InChI is InChI=1S/C14H27NO3/c1-12(8-9-14(16)17)15-10-5-11-18-13-6-3-2-4-7-13/h12-13,15H,2-11H2,1H3,(H,16,17). The summed E-state index contributed by atoms with van der Waals surface area (Å²) in [7, 11) is 0. The van der Waals surface area contributed by atoms with Crippen LogP contribution in [-0.2, 0) is 9.53 Å². The number of carboxylic acid groups (broad SMARTS) is 1. The topological polar surface area (TPSA) is 58.6 Å². The molecule has 0 aromatic heterocycles. The van der Waals surface area contributed by atoms with E-state index >= 15 is 0 Å². The highest BCUT2D eigenvalue weighted by Gasteiger charge is 2.13. The van der Waals surface area contributed by atoms with E-state index in [0.29, 0.717) is 12.5 Å². The number of ether oxygens (including phenoxy) is 1. The van der Waals surface area contributed by atoms with Gasteiger partial charge in [0.05, 0.1) is 6.10 Å². The van der Waals surface area contributed by atoms with Gasteiger partial charge in [-0.1, -0.05) is 19.3 Å². The van der Waals surface area contributed by atoms with E-state index < -0.39 is 5.97 Å². The summed E-state index contributed by atoms with van der Waals surface area (Å²) in [5.74, 6) is -0.718. The maximum atomic E-state index is 10.4. The molecule has 2 N–H and O–H groups in total. The summed E-state index contributed by atoms with van der Waals surface area (Å²) in [6.45, 7) is 3.77. The van der Waals surface area contributed by atoms with Crippen molar-refractivity contribution in [1.82, 2.24) is 5.32 Å². The molecule has 1 saturated carbocycles. The Bertz CT molecular complexity index is 227. The molecule has 0 aliphatic heterocycles. The molecular weight excluding hydrogens is 230 g/mol. The second kappa shape index (κ2) is 9.34. The zero-order valence-corrected chi connectivity index (χ0v) is 11.5. The number of nitrogens with one attached hydrogen (secondary N) is 1. The average molecular weight is 257 g/mol. The second-order valence-electron chi connectivity index (χ2n) is 5.27. The molecule has 1 aliphatic rings. The lowest BCUT2D eigenvalue weighted by Gasteiger charge is -2.22. The highest BCUT2D eigenvalue weighted by atomic mass is 16.5. The van der Waals surface area contributed by atoms with E-state index in [1.54, 1.807) is 0 Å². The van der Waals surface area contributed by atoms with Gasteiger partial charge in [-0.2, -0.15) is 0 Å². The predicted molar refractivity (Wildman–Crippen MR) is 71.8 cm³/mol. The molecule has 0 heterocycles. The largest absolute Gasteiger partial charge is 0.481 e. The Balaban J connectivity index is 1.89. The van der Waals surface area contributed by atoms with Crippen LogP contribution < -0.4 is 5.32 Å². The maximum absolute atomic E-state index is 10.4. The molecule has 0 radical (unpaired) electrons. The van der Waals surface area contributed by atoms with Crippen molar-refractivity contribution in [2.75, 3.05) is 13.2 Å². The molecule has 0 aromatic rings. The number of hydrogen-bond donors (Lipinski definition) is 2. The molecule has 106 valence electrons. The number of hydrogen-bond acceptors (Lipinski definition) is 3. The van der Waals surface area contributed by atoms with Gasteiger partial charge in [0.25, 0.3) is 0 Å². The Labute approximate surface area is 110 Å². The molecule has 4 heteroatoms. The van der Waals surface area contributed by atoms with Crippen LogP contribution in [0.4, 0.5) is 0 Å². The molecule has 1 rings (SSSR count). The fourth-order valence-electron chi connectivity index (χ4n) is 2.34. The third-order valence-electron chi connectivity index (χ3n) is 3.51. The van der Waals surface area contributed by atoms with Crippen molar-refractivity contribution >= 4 is 5.97 Å². The van der Waals surface area contributed by atoms with Gasteiger partial charge in [0.1, 0.15) is 0 Å². The second-order valence-corrected chi connectivity index (χ2v) is 5.27. The summed E-state index contributed by atoms with van der Waals surface area (Å²) in [6.07, 6.45) is 8.88. The zero-order chi connectivity index (χ0) is 13.2. The van der Waals surface area contributed by atoms with Crippen LogP contribution in [0.2, 0.25) is 0 Å². The smallest absolute Gasteiger partial charge is 0.303 e. The summed E-state index contributed by atoms with van der Waals surface area (Å²) in [6, 6.07) is 0.274. The van der Waals surface area contributed by atoms with Crippen LogP contribution in [0.3, 0.4) is 0 Å². The van der Waals surface area contributed by atoms with Crippen LogP contribution in [0.25, 0.3) is 0 Å². The van der Waals surface area contributed by atoms with Gasteiger partial charge in [-0.3, -0.25) is 4.79 Å². The van der Waals surface area contributed by atoms with Crippen LogP contribution in [-0.4, -0.2) is 36.4 Å². The number of carbonyl (C=O) groups is 1. The van der Waals surface area contributed by atoms with Gasteiger partial charge in [-0.25, -0.2) is 0 Å². The number of aliphatic carboxylic acids is 1. The van der Waals surface area contributed by atoms with Gasteiger partial charge in [-0.15, -0.1) is 0 Å². The lowest BCUT2D eigenvalue weighted by molar-refractivity contribution is -0.137. The Kier molecular flexibility index (Phi) is 8.01. The first-order valence-electron chi connectivity index (χ1n) is 7.25. The van der Waals surface area contributed by atoms with E-state index in [1.807, 2.05) is 6.92 Å². The minimum absolute atomic E-state index is 0.243. The SMILES string of the molecule is CC(CCC(=O)O)NCCCOC1CCCCC1. The number of rotatable bonds is 9. The van der Waals surface area contributed by atoms with Crippen LogP contribution in [0.5, 0.6) is 0 Å². The van der Waals surface area contributed by atoms with E-state index in [4.69, 9.17) is 9.84 Å². The van der Waals surface area contributed by atoms with Crippen LogP contribution >= 0.6 is 0 Å². The molecule has 0 bridgehead atoms. The zero-order valence-electron chi connectivity index (χ0n) is 11.5. The first kappa shape index (κ1) is 15.4. The highest BCUT2D eigenvalue weighted by molar-refractivity contribution is 5.66. The summed E-state index contributed by atoms with van der Waals surface area (Å²) in [5.41, 5.74) is 0. The summed E-state index contributed by atoms with van der Waals surface area (Å²) in [4.78, 5) is 10.4. The summed E-state index contributed by atoms with van der Waals surface area (Å²) >= 11 is 0. The summed E-state index contributed by atoms with van der Waals surface area (Å²) < 4.78 is 5.83. The molecule has 1 unspecified atom stereocenters. The van der Waals surface area contributed by atoms with Gasteiger partial charge < -0.3 is 15.2 Å². The van der Waals surface area contributed by atoms with Crippen molar-refractivity contribution in [1.29, 1.82) is 0 Å². The normalized spacial score (nSPS) is 18.7. The van der Waals surface area contributed by atoms with Crippen molar-refractivity contribution in [2.45, 2.75) is 70.4 Å². The van der Waals surface area contributed by atoms with Gasteiger partial charge in [0.2, 0.25) is 0 Å². The monoisotopic (exact) mass is 257 g/mol. The molecule has 1 atom stereocenters. The van der Waals surface area contributed by atoms with Crippen molar-refractivity contribution in [3.63, 3.8) is 0 Å². The molecule has 4 nitrogen and oxygen atoms in total. The molecular formula is C14H27NO3. The molecule has 0 amide bonds. The third kappa shape index (κ3) is 7.67. The Morgan fingerprint density at radius 3 is 2.78 bits per heavy atom. The first-order valence-corrected chi connectivity index (χ1v) is 7.25. The van der Waals surface area contributed by atoms with Crippen LogP contribution in [0, 0.1) is 0 Å². The fraction of sp³-hybridized carbons (Fsp3) is 0.929. The van der Waals surface area contributed by atoms with Gasteiger partial charge in [0.15, 0.2) is 0 Å². The lowest BCUT2D eigenvalue weighted by Crippen LogP contribution is -2.28. The van der Waals surface area contributed by atoms with E-state index in [9.17, 15) is 4.79 Å². The number of carboxylic acids is 1. The average Bonchev–Trinajstić information content (AvgIpc) is 2.37. The van der Waals surface area contributed by atoms with Crippen LogP contribution in [0.15, 0.2) is 0 Å². The summed E-state index contributed by atoms with van der Waals surface area (Å²) in [5, 5.41) is 11.9. The highest BCUT2D eigenvalue weighted by Crippen LogP contribution is 2.20. The van der Waals surface area contributed by atoms with Crippen LogP contribution in [0.1, 0.15) is 58.3 Å². The third-order valence-corrected chi connectivity index (χ3v) is 3.51. The van der Waals surface area contributed by atoms with Gasteiger partial charge in [-0.05, 0) is 39.2 Å². The molecule has 0 aromatic carbocycles. The van der Waals surface area contributed by atoms with Crippen molar-refractivity contribution in [3.05, 3.63) is 0 Å². The lowest BCUT2D eigenvalue weighted by atomic mass is 9.98. The molecule has 0 spiro atoms. The molecule has 1 aliphatic carbocycles. The van der Waals surface area contributed by atoms with E-state index in [-0.39, 0.29) is 12.5 Å². The van der Waals surface area contributed by atoms with Crippen molar-refractivity contribution < 1.29 is 14.6 Å². The quantitative estimate of drug-likeness (QED) is 0.623. The van der Waals surface area contributed by atoms with Crippen molar-refractivity contribution in [3.8, 4) is 0 Å².